The van der Waals surface area contributed by atoms with E-state index in [-0.39, 0.29) is 17.3 Å². The zero-order valence-corrected chi connectivity index (χ0v) is 9.82. The smallest absolute Gasteiger partial charge is 0.309 e. The van der Waals surface area contributed by atoms with Gasteiger partial charge in [-0.2, -0.15) is 0 Å². The van der Waals surface area contributed by atoms with E-state index in [1.165, 1.54) is 12.7 Å². The lowest BCUT2D eigenvalue weighted by Crippen LogP contribution is -2.12. The molecule has 0 heterocycles. The highest BCUT2D eigenvalue weighted by Crippen LogP contribution is 2.54. The van der Waals surface area contributed by atoms with Gasteiger partial charge in [0.1, 0.15) is 5.75 Å². The minimum atomic E-state index is -0.113. The molecule has 3 nitrogen and oxygen atoms in total. The van der Waals surface area contributed by atoms with E-state index in [1.54, 1.807) is 7.11 Å². The van der Waals surface area contributed by atoms with E-state index in [0.717, 1.165) is 12.2 Å². The van der Waals surface area contributed by atoms with Gasteiger partial charge in [0, 0.05) is 5.41 Å². The normalized spacial score (nSPS) is 27.3. The van der Waals surface area contributed by atoms with Crippen LogP contribution in [0.1, 0.15) is 18.9 Å². The molecule has 1 aromatic rings. The standard InChI is InChI=1S/C13H16O3/c1-13(8-11(13)12(14)16-3)9-4-6-10(15-2)7-5-9/h4-7,11H,8H2,1-3H3/t11-,13-/m1/s1. The van der Waals surface area contributed by atoms with E-state index >= 15 is 0 Å². The molecule has 1 aliphatic carbocycles. The first kappa shape index (κ1) is 11.0. The minimum absolute atomic E-state index is 0.00546. The molecule has 0 aliphatic heterocycles. The maximum Gasteiger partial charge on any atom is 0.309 e. The molecule has 0 spiro atoms. The molecule has 2 atom stereocenters. The number of hydrogen-bond acceptors (Lipinski definition) is 3. The largest absolute Gasteiger partial charge is 0.497 e. The van der Waals surface area contributed by atoms with Crippen LogP contribution < -0.4 is 4.74 Å². The van der Waals surface area contributed by atoms with E-state index in [4.69, 9.17) is 9.47 Å². The SMILES string of the molecule is COC(=O)[C@H]1C[C@]1(C)c1ccc(OC)cc1. The van der Waals surface area contributed by atoms with Gasteiger partial charge in [0.2, 0.25) is 0 Å². The number of carbonyl (C=O) groups is 1. The summed E-state index contributed by atoms with van der Waals surface area (Å²) in [4.78, 5) is 11.4. The highest BCUT2D eigenvalue weighted by molar-refractivity contribution is 5.78. The van der Waals surface area contributed by atoms with E-state index in [2.05, 4.69) is 6.92 Å². The molecule has 0 N–H and O–H groups in total. The van der Waals surface area contributed by atoms with Crippen molar-refractivity contribution in [3.63, 3.8) is 0 Å². The molecular formula is C13H16O3. The number of rotatable bonds is 3. The van der Waals surface area contributed by atoms with Crippen LogP contribution in [0.5, 0.6) is 5.75 Å². The number of ether oxygens (including phenoxy) is 2. The molecule has 16 heavy (non-hydrogen) atoms. The minimum Gasteiger partial charge on any atom is -0.497 e. The molecule has 0 amide bonds. The molecule has 1 aromatic carbocycles. The summed E-state index contributed by atoms with van der Waals surface area (Å²) in [6.07, 6.45) is 0.867. The fraction of sp³-hybridized carbons (Fsp3) is 0.462. The molecule has 2 rings (SSSR count). The Labute approximate surface area is 95.4 Å². The van der Waals surface area contributed by atoms with Gasteiger partial charge in [-0.3, -0.25) is 4.79 Å². The van der Waals surface area contributed by atoms with Crippen LogP contribution in [0.3, 0.4) is 0 Å². The predicted molar refractivity (Wildman–Crippen MR) is 60.5 cm³/mol. The Hall–Kier alpha value is -1.51. The zero-order chi connectivity index (χ0) is 11.8. The quantitative estimate of drug-likeness (QED) is 0.732. The fourth-order valence-electron chi connectivity index (χ4n) is 2.14. The Morgan fingerprint density at radius 3 is 2.44 bits per heavy atom. The predicted octanol–water partition coefficient (Wildman–Crippen LogP) is 2.15. The van der Waals surface area contributed by atoms with Crippen molar-refractivity contribution in [2.75, 3.05) is 14.2 Å². The second-order valence-corrected chi connectivity index (χ2v) is 4.43. The highest BCUT2D eigenvalue weighted by atomic mass is 16.5. The summed E-state index contributed by atoms with van der Waals surface area (Å²) in [5.74, 6) is 0.729. The summed E-state index contributed by atoms with van der Waals surface area (Å²) >= 11 is 0. The molecule has 1 fully saturated rings. The highest BCUT2D eigenvalue weighted by Gasteiger charge is 2.56. The van der Waals surface area contributed by atoms with Crippen LogP contribution in [-0.2, 0) is 14.9 Å². The van der Waals surface area contributed by atoms with E-state index in [1.807, 2.05) is 24.3 Å². The van der Waals surface area contributed by atoms with Crippen molar-refractivity contribution >= 4 is 5.97 Å². The zero-order valence-electron chi connectivity index (χ0n) is 9.82. The maximum atomic E-state index is 11.4. The van der Waals surface area contributed by atoms with Crippen molar-refractivity contribution in [2.45, 2.75) is 18.8 Å². The summed E-state index contributed by atoms with van der Waals surface area (Å²) < 4.78 is 9.88. The van der Waals surface area contributed by atoms with Crippen molar-refractivity contribution in [2.24, 2.45) is 5.92 Å². The first-order valence-electron chi connectivity index (χ1n) is 5.34. The number of esters is 1. The number of carbonyl (C=O) groups excluding carboxylic acids is 1. The first-order chi connectivity index (χ1) is 7.61. The van der Waals surface area contributed by atoms with Crippen LogP contribution >= 0.6 is 0 Å². The Kier molecular flexibility index (Phi) is 2.62. The van der Waals surface area contributed by atoms with Gasteiger partial charge in [-0.15, -0.1) is 0 Å². The maximum absolute atomic E-state index is 11.4. The lowest BCUT2D eigenvalue weighted by Gasteiger charge is -2.11. The molecule has 1 saturated carbocycles. The lowest BCUT2D eigenvalue weighted by molar-refractivity contribution is -0.142. The van der Waals surface area contributed by atoms with Gasteiger partial charge in [-0.25, -0.2) is 0 Å². The average Bonchev–Trinajstić information content (AvgIpc) is 3.02. The van der Waals surface area contributed by atoms with Crippen LogP contribution in [-0.4, -0.2) is 20.2 Å². The summed E-state index contributed by atoms with van der Waals surface area (Å²) in [5.41, 5.74) is 1.11. The third-order valence-corrected chi connectivity index (χ3v) is 3.47. The molecule has 0 aromatic heterocycles. The molecule has 0 saturated heterocycles. The summed E-state index contributed by atoms with van der Waals surface area (Å²) in [7, 11) is 3.08. The summed E-state index contributed by atoms with van der Waals surface area (Å²) in [6, 6.07) is 7.88. The Balaban J connectivity index is 2.16. The third-order valence-electron chi connectivity index (χ3n) is 3.47. The van der Waals surface area contributed by atoms with Gasteiger partial charge in [0.25, 0.3) is 0 Å². The van der Waals surface area contributed by atoms with Crippen LogP contribution in [0.15, 0.2) is 24.3 Å². The summed E-state index contributed by atoms with van der Waals surface area (Å²) in [6.45, 7) is 2.09. The molecule has 3 heteroatoms. The monoisotopic (exact) mass is 220 g/mol. The van der Waals surface area contributed by atoms with E-state index in [0.29, 0.717) is 0 Å². The Morgan fingerprint density at radius 1 is 1.31 bits per heavy atom. The van der Waals surface area contributed by atoms with Crippen LogP contribution in [0.25, 0.3) is 0 Å². The van der Waals surface area contributed by atoms with Crippen LogP contribution in [0.4, 0.5) is 0 Å². The van der Waals surface area contributed by atoms with Crippen molar-refractivity contribution in [1.29, 1.82) is 0 Å². The average molecular weight is 220 g/mol. The van der Waals surface area contributed by atoms with Crippen LogP contribution in [0.2, 0.25) is 0 Å². The summed E-state index contributed by atoms with van der Waals surface area (Å²) in [5, 5.41) is 0. The molecule has 0 bridgehead atoms. The molecule has 1 aliphatic rings. The molecular weight excluding hydrogens is 204 g/mol. The van der Waals surface area contributed by atoms with Gasteiger partial charge >= 0.3 is 5.97 Å². The van der Waals surface area contributed by atoms with Gasteiger partial charge in [0.15, 0.2) is 0 Å². The molecule has 0 radical (unpaired) electrons. The van der Waals surface area contributed by atoms with Crippen molar-refractivity contribution in [3.05, 3.63) is 29.8 Å². The van der Waals surface area contributed by atoms with Gasteiger partial charge in [-0.05, 0) is 24.1 Å². The fourth-order valence-corrected chi connectivity index (χ4v) is 2.14. The molecule has 86 valence electrons. The second kappa shape index (κ2) is 3.81. The van der Waals surface area contributed by atoms with Crippen LogP contribution in [0, 0.1) is 5.92 Å². The first-order valence-corrected chi connectivity index (χ1v) is 5.34. The van der Waals surface area contributed by atoms with Crippen molar-refractivity contribution in [1.82, 2.24) is 0 Å². The number of methoxy groups -OCH3 is 2. The van der Waals surface area contributed by atoms with Gasteiger partial charge in [0.05, 0.1) is 20.1 Å². The molecule has 0 unspecified atom stereocenters. The Morgan fingerprint density at radius 2 is 1.94 bits per heavy atom. The van der Waals surface area contributed by atoms with Gasteiger partial charge in [-0.1, -0.05) is 19.1 Å². The third kappa shape index (κ3) is 1.66. The Bertz CT molecular complexity index is 396. The lowest BCUT2D eigenvalue weighted by atomic mass is 9.95. The number of hydrogen-bond donors (Lipinski definition) is 0. The topological polar surface area (TPSA) is 35.5 Å². The van der Waals surface area contributed by atoms with Crippen molar-refractivity contribution < 1.29 is 14.3 Å². The van der Waals surface area contributed by atoms with Gasteiger partial charge < -0.3 is 9.47 Å². The van der Waals surface area contributed by atoms with E-state index in [9.17, 15) is 4.79 Å². The second-order valence-electron chi connectivity index (χ2n) is 4.43. The van der Waals surface area contributed by atoms with E-state index < -0.39 is 0 Å². The van der Waals surface area contributed by atoms with Crippen molar-refractivity contribution in [3.8, 4) is 5.75 Å². The number of benzene rings is 1.